The number of hydrogen-bond acceptors (Lipinski definition) is 5. The minimum Gasteiger partial charge on any atom is -0.489 e. The Bertz CT molecular complexity index is 863. The molecule has 2 heterocycles. The Kier molecular flexibility index (Phi) is 5.40. The molecule has 1 amide bonds. The number of fused-ring (bicyclic) bond motifs is 1. The lowest BCUT2D eigenvalue weighted by atomic mass is 10.1. The predicted octanol–water partition coefficient (Wildman–Crippen LogP) is 2.41. The molecule has 1 N–H and O–H groups in total. The summed E-state index contributed by atoms with van der Waals surface area (Å²) in [5, 5.41) is 3.05. The topological polar surface area (TPSA) is 75.7 Å². The van der Waals surface area contributed by atoms with Crippen LogP contribution in [0.5, 0.6) is 5.75 Å². The van der Waals surface area contributed by atoms with Gasteiger partial charge >= 0.3 is 0 Å². The number of benzene rings is 1. The standard InChI is InChI=1S/C21H30N2O4S/c1-3-28(25,26)18-10-16-9-14(2)27-20(16)19(11-18)21(24)22-12-17-5-4-8-23(17)13-15-6-7-15/h10-11,14-15,17H,3-9,12-13H2,1-2H3,(H,22,24). The number of nitrogens with zero attached hydrogens (tertiary/aromatic N) is 1. The number of hydrogen-bond donors (Lipinski definition) is 1. The maximum absolute atomic E-state index is 13.0. The molecule has 1 saturated heterocycles. The van der Waals surface area contributed by atoms with E-state index in [1.165, 1.54) is 25.3 Å². The van der Waals surface area contributed by atoms with Crippen molar-refractivity contribution >= 4 is 15.7 Å². The van der Waals surface area contributed by atoms with E-state index < -0.39 is 9.84 Å². The molecule has 0 radical (unpaired) electrons. The molecule has 2 aliphatic heterocycles. The lowest BCUT2D eigenvalue weighted by Gasteiger charge is -2.24. The quantitative estimate of drug-likeness (QED) is 0.753. The van der Waals surface area contributed by atoms with Crippen LogP contribution in [0.1, 0.15) is 55.5 Å². The van der Waals surface area contributed by atoms with Crippen molar-refractivity contribution in [3.63, 3.8) is 0 Å². The second-order valence-electron chi connectivity index (χ2n) is 8.44. The number of nitrogens with one attached hydrogen (secondary N) is 1. The number of sulfone groups is 1. The molecule has 0 bridgehead atoms. The molecule has 0 spiro atoms. The van der Waals surface area contributed by atoms with Gasteiger partial charge in [-0.05, 0) is 62.8 Å². The molecule has 2 unspecified atom stereocenters. The normalized spacial score (nSPS) is 24.8. The Morgan fingerprint density at radius 2 is 2.07 bits per heavy atom. The zero-order valence-corrected chi connectivity index (χ0v) is 17.6. The Labute approximate surface area is 167 Å². The van der Waals surface area contributed by atoms with Crippen molar-refractivity contribution in [2.24, 2.45) is 5.92 Å². The van der Waals surface area contributed by atoms with E-state index in [4.69, 9.17) is 4.74 Å². The summed E-state index contributed by atoms with van der Waals surface area (Å²) in [6.07, 6.45) is 5.51. The highest BCUT2D eigenvalue weighted by Gasteiger charge is 2.32. The Hall–Kier alpha value is -1.60. The van der Waals surface area contributed by atoms with Crippen LogP contribution in [0.3, 0.4) is 0 Å². The third-order valence-electron chi connectivity index (χ3n) is 6.14. The summed E-state index contributed by atoms with van der Waals surface area (Å²) in [4.78, 5) is 15.7. The minimum atomic E-state index is -3.38. The number of carbonyl (C=O) groups is 1. The Morgan fingerprint density at radius 3 is 2.79 bits per heavy atom. The van der Waals surface area contributed by atoms with E-state index in [-0.39, 0.29) is 22.7 Å². The minimum absolute atomic E-state index is 0.0153. The first-order valence-corrected chi connectivity index (χ1v) is 12.1. The van der Waals surface area contributed by atoms with E-state index in [2.05, 4.69) is 10.2 Å². The molecule has 0 aromatic heterocycles. The highest BCUT2D eigenvalue weighted by Crippen LogP contribution is 2.36. The Morgan fingerprint density at radius 1 is 1.29 bits per heavy atom. The fourth-order valence-corrected chi connectivity index (χ4v) is 5.27. The highest BCUT2D eigenvalue weighted by molar-refractivity contribution is 7.91. The third-order valence-corrected chi connectivity index (χ3v) is 7.85. The van der Waals surface area contributed by atoms with Gasteiger partial charge in [0.15, 0.2) is 9.84 Å². The van der Waals surface area contributed by atoms with E-state index in [0.717, 1.165) is 31.0 Å². The predicted molar refractivity (Wildman–Crippen MR) is 108 cm³/mol. The summed E-state index contributed by atoms with van der Waals surface area (Å²) < 4.78 is 30.6. The monoisotopic (exact) mass is 406 g/mol. The summed E-state index contributed by atoms with van der Waals surface area (Å²) in [7, 11) is -3.38. The largest absolute Gasteiger partial charge is 0.489 e. The molecule has 4 rings (SSSR count). The van der Waals surface area contributed by atoms with Gasteiger partial charge in [0.1, 0.15) is 11.9 Å². The number of amides is 1. The smallest absolute Gasteiger partial charge is 0.255 e. The lowest BCUT2D eigenvalue weighted by molar-refractivity contribution is 0.0935. The first-order valence-electron chi connectivity index (χ1n) is 10.5. The summed E-state index contributed by atoms with van der Waals surface area (Å²) in [5.74, 6) is 1.16. The van der Waals surface area contributed by atoms with Crippen LogP contribution >= 0.6 is 0 Å². The number of likely N-dealkylation sites (tertiary alicyclic amines) is 1. The zero-order valence-electron chi connectivity index (χ0n) is 16.7. The van der Waals surface area contributed by atoms with Gasteiger partial charge in [0, 0.05) is 25.6 Å². The molecular weight excluding hydrogens is 376 g/mol. The molecule has 154 valence electrons. The van der Waals surface area contributed by atoms with Crippen molar-refractivity contribution in [3.05, 3.63) is 23.3 Å². The van der Waals surface area contributed by atoms with Crippen molar-refractivity contribution in [2.45, 2.75) is 63.0 Å². The molecule has 28 heavy (non-hydrogen) atoms. The first-order chi connectivity index (χ1) is 13.4. The molecule has 1 aliphatic carbocycles. The van der Waals surface area contributed by atoms with Crippen molar-refractivity contribution in [1.82, 2.24) is 10.2 Å². The van der Waals surface area contributed by atoms with Gasteiger partial charge in [0.05, 0.1) is 16.2 Å². The van der Waals surface area contributed by atoms with Gasteiger partial charge in [-0.25, -0.2) is 8.42 Å². The summed E-state index contributed by atoms with van der Waals surface area (Å²) in [6, 6.07) is 3.53. The van der Waals surface area contributed by atoms with Gasteiger partial charge < -0.3 is 10.1 Å². The average Bonchev–Trinajstić information content (AvgIpc) is 3.23. The summed E-state index contributed by atoms with van der Waals surface area (Å²) in [6.45, 7) is 6.40. The summed E-state index contributed by atoms with van der Waals surface area (Å²) in [5.41, 5.74) is 1.16. The third kappa shape index (κ3) is 4.06. The molecule has 1 aromatic carbocycles. The molecule has 1 aromatic rings. The Balaban J connectivity index is 1.51. The van der Waals surface area contributed by atoms with Crippen LogP contribution in [0.2, 0.25) is 0 Å². The lowest BCUT2D eigenvalue weighted by Crippen LogP contribution is -2.41. The van der Waals surface area contributed by atoms with E-state index in [9.17, 15) is 13.2 Å². The van der Waals surface area contributed by atoms with Crippen LogP contribution in [0.4, 0.5) is 0 Å². The van der Waals surface area contributed by atoms with Crippen molar-refractivity contribution in [3.8, 4) is 5.75 Å². The van der Waals surface area contributed by atoms with Gasteiger partial charge in [0.2, 0.25) is 0 Å². The van der Waals surface area contributed by atoms with Crippen molar-refractivity contribution in [2.75, 3.05) is 25.4 Å². The zero-order chi connectivity index (χ0) is 19.9. The second kappa shape index (κ2) is 7.67. The van der Waals surface area contributed by atoms with Gasteiger partial charge in [0.25, 0.3) is 5.91 Å². The highest BCUT2D eigenvalue weighted by atomic mass is 32.2. The SMILES string of the molecule is CCS(=O)(=O)c1cc2c(c(C(=O)NCC3CCCN3CC3CC3)c1)OC(C)C2. The van der Waals surface area contributed by atoms with Crippen molar-refractivity contribution in [1.29, 1.82) is 0 Å². The summed E-state index contributed by atoms with van der Waals surface area (Å²) >= 11 is 0. The average molecular weight is 407 g/mol. The molecule has 7 heteroatoms. The van der Waals surface area contributed by atoms with Crippen LogP contribution in [0.25, 0.3) is 0 Å². The van der Waals surface area contributed by atoms with Crippen LogP contribution in [0.15, 0.2) is 17.0 Å². The molecule has 3 aliphatic rings. The molecule has 2 fully saturated rings. The van der Waals surface area contributed by atoms with Crippen LogP contribution in [-0.2, 0) is 16.3 Å². The van der Waals surface area contributed by atoms with E-state index in [1.807, 2.05) is 6.92 Å². The maximum atomic E-state index is 13.0. The van der Waals surface area contributed by atoms with Crippen LogP contribution in [0, 0.1) is 5.92 Å². The fourth-order valence-electron chi connectivity index (χ4n) is 4.32. The molecular formula is C21H30N2O4S. The van der Waals surface area contributed by atoms with E-state index in [1.54, 1.807) is 13.0 Å². The van der Waals surface area contributed by atoms with Gasteiger partial charge in [-0.15, -0.1) is 0 Å². The van der Waals surface area contributed by atoms with Gasteiger partial charge in [-0.1, -0.05) is 6.92 Å². The molecule has 2 atom stereocenters. The van der Waals surface area contributed by atoms with Crippen LogP contribution in [-0.4, -0.2) is 56.8 Å². The maximum Gasteiger partial charge on any atom is 0.255 e. The number of ether oxygens (including phenoxy) is 1. The molecule has 1 saturated carbocycles. The van der Waals surface area contributed by atoms with E-state index >= 15 is 0 Å². The van der Waals surface area contributed by atoms with Crippen molar-refractivity contribution < 1.29 is 17.9 Å². The van der Waals surface area contributed by atoms with E-state index in [0.29, 0.717) is 30.3 Å². The molecule has 6 nitrogen and oxygen atoms in total. The second-order valence-corrected chi connectivity index (χ2v) is 10.7. The van der Waals surface area contributed by atoms with Gasteiger partial charge in [-0.2, -0.15) is 0 Å². The van der Waals surface area contributed by atoms with Gasteiger partial charge in [-0.3, -0.25) is 9.69 Å². The van der Waals surface area contributed by atoms with Crippen LogP contribution < -0.4 is 10.1 Å². The first kappa shape index (κ1) is 19.7. The fraction of sp³-hybridized carbons (Fsp3) is 0.667. The number of rotatable bonds is 7. The number of carbonyl (C=O) groups excluding carboxylic acids is 1.